The van der Waals surface area contributed by atoms with Crippen LogP contribution in [0.1, 0.15) is 33.8 Å². The third-order valence-corrected chi connectivity index (χ3v) is 4.19. The Hall–Kier alpha value is -1.16. The van der Waals surface area contributed by atoms with Gasteiger partial charge in [0.05, 0.1) is 6.04 Å². The second kappa shape index (κ2) is 5.45. The van der Waals surface area contributed by atoms with Gasteiger partial charge in [0.15, 0.2) is 0 Å². The number of thiophene rings is 1. The minimum absolute atomic E-state index is 0.0981. The van der Waals surface area contributed by atoms with Gasteiger partial charge in [0, 0.05) is 9.75 Å². The van der Waals surface area contributed by atoms with Crippen molar-refractivity contribution in [1.29, 1.82) is 0 Å². The Morgan fingerprint density at radius 3 is 2.41 bits per heavy atom. The van der Waals surface area contributed by atoms with Crippen LogP contribution >= 0.6 is 11.3 Å². The Kier molecular flexibility index (Phi) is 3.94. The molecule has 0 aliphatic rings. The van der Waals surface area contributed by atoms with Crippen molar-refractivity contribution in [3.8, 4) is 0 Å². The normalized spacial score (nSPS) is 12.6. The summed E-state index contributed by atoms with van der Waals surface area (Å²) in [7, 11) is 0. The molecular weight excluding hydrogens is 228 g/mol. The Labute approximate surface area is 106 Å². The molecule has 0 saturated carbocycles. The zero-order valence-corrected chi connectivity index (χ0v) is 11.1. The van der Waals surface area contributed by atoms with Crippen molar-refractivity contribution in [2.24, 2.45) is 5.84 Å². The van der Waals surface area contributed by atoms with Crippen molar-refractivity contribution in [2.75, 3.05) is 0 Å². The molecule has 0 aliphatic heterocycles. The van der Waals surface area contributed by atoms with Gasteiger partial charge in [-0.2, -0.15) is 0 Å². The maximum absolute atomic E-state index is 5.68. The molecule has 0 saturated heterocycles. The molecule has 0 fully saturated rings. The van der Waals surface area contributed by atoms with E-state index in [-0.39, 0.29) is 6.04 Å². The minimum atomic E-state index is 0.0981. The van der Waals surface area contributed by atoms with Crippen molar-refractivity contribution >= 4 is 11.3 Å². The molecule has 0 spiro atoms. The van der Waals surface area contributed by atoms with Gasteiger partial charge >= 0.3 is 0 Å². The maximum atomic E-state index is 5.68. The van der Waals surface area contributed by atoms with Gasteiger partial charge in [-0.3, -0.25) is 5.84 Å². The summed E-state index contributed by atoms with van der Waals surface area (Å²) in [5.74, 6) is 5.68. The van der Waals surface area contributed by atoms with E-state index in [0.29, 0.717) is 0 Å². The highest BCUT2D eigenvalue weighted by molar-refractivity contribution is 7.12. The molecule has 1 aromatic carbocycles. The first kappa shape index (κ1) is 12.3. The zero-order chi connectivity index (χ0) is 12.3. The summed E-state index contributed by atoms with van der Waals surface area (Å²) in [6.07, 6.45) is 1.08. The van der Waals surface area contributed by atoms with Crippen LogP contribution in [0.25, 0.3) is 0 Å². The number of hydrogen-bond donors (Lipinski definition) is 2. The second-order valence-corrected chi connectivity index (χ2v) is 5.37. The lowest BCUT2D eigenvalue weighted by Gasteiger charge is -2.14. The Balaban J connectivity index is 2.29. The van der Waals surface area contributed by atoms with Crippen LogP contribution in [0.5, 0.6) is 0 Å². The van der Waals surface area contributed by atoms with Crippen molar-refractivity contribution in [1.82, 2.24) is 5.43 Å². The molecule has 0 bridgehead atoms. The van der Waals surface area contributed by atoms with Crippen molar-refractivity contribution in [3.05, 3.63) is 57.3 Å². The van der Waals surface area contributed by atoms with Gasteiger partial charge in [0.1, 0.15) is 0 Å². The quantitative estimate of drug-likeness (QED) is 0.642. The van der Waals surface area contributed by atoms with Crippen LogP contribution in [-0.2, 0) is 6.42 Å². The van der Waals surface area contributed by atoms with Crippen molar-refractivity contribution < 1.29 is 0 Å². The van der Waals surface area contributed by atoms with E-state index in [9.17, 15) is 0 Å². The fourth-order valence-electron chi connectivity index (χ4n) is 1.84. The van der Waals surface area contributed by atoms with Crippen LogP contribution in [0.15, 0.2) is 36.4 Å². The van der Waals surface area contributed by atoms with Crippen LogP contribution in [-0.4, -0.2) is 0 Å². The second-order valence-electron chi connectivity index (χ2n) is 4.17. The predicted octanol–water partition coefficient (Wildman–Crippen LogP) is 3.17. The first-order chi connectivity index (χ1) is 8.24. The van der Waals surface area contributed by atoms with E-state index in [0.717, 1.165) is 6.42 Å². The smallest absolute Gasteiger partial charge is 0.0802 e. The minimum Gasteiger partial charge on any atom is -0.271 e. The summed E-state index contributed by atoms with van der Waals surface area (Å²) >= 11 is 1.82. The first-order valence-corrected chi connectivity index (χ1v) is 6.67. The Morgan fingerprint density at radius 2 is 1.88 bits per heavy atom. The number of nitrogens with one attached hydrogen (secondary N) is 1. The lowest BCUT2D eigenvalue weighted by atomic mass is 10.0. The molecule has 1 unspecified atom stereocenters. The van der Waals surface area contributed by atoms with E-state index < -0.39 is 0 Å². The van der Waals surface area contributed by atoms with Crippen LogP contribution < -0.4 is 11.3 Å². The SMILES string of the molecule is CCc1ccc(C(NN)c2ccc(C)cc2)s1. The highest BCUT2D eigenvalue weighted by Crippen LogP contribution is 2.28. The van der Waals surface area contributed by atoms with E-state index in [1.165, 1.54) is 20.9 Å². The van der Waals surface area contributed by atoms with Crippen LogP contribution in [0.3, 0.4) is 0 Å². The Morgan fingerprint density at radius 1 is 1.18 bits per heavy atom. The third-order valence-electron chi connectivity index (χ3n) is 2.89. The largest absolute Gasteiger partial charge is 0.271 e. The topological polar surface area (TPSA) is 38.0 Å². The highest BCUT2D eigenvalue weighted by atomic mass is 32.1. The van der Waals surface area contributed by atoms with Gasteiger partial charge < -0.3 is 0 Å². The Bertz CT molecular complexity index is 473. The molecule has 1 aromatic heterocycles. The number of benzene rings is 1. The number of hydrazine groups is 1. The summed E-state index contributed by atoms with van der Waals surface area (Å²) in [5, 5.41) is 0. The van der Waals surface area contributed by atoms with Crippen molar-refractivity contribution in [3.63, 3.8) is 0 Å². The molecule has 2 nitrogen and oxygen atoms in total. The van der Waals surface area contributed by atoms with E-state index in [1.54, 1.807) is 0 Å². The average molecular weight is 246 g/mol. The summed E-state index contributed by atoms with van der Waals surface area (Å²) in [4.78, 5) is 2.67. The lowest BCUT2D eigenvalue weighted by Crippen LogP contribution is -2.28. The summed E-state index contributed by atoms with van der Waals surface area (Å²) in [6.45, 7) is 4.27. The van der Waals surface area contributed by atoms with Crippen LogP contribution in [0.4, 0.5) is 0 Å². The van der Waals surface area contributed by atoms with Gasteiger partial charge in [0.2, 0.25) is 0 Å². The number of aryl methyl sites for hydroxylation is 2. The molecule has 0 radical (unpaired) electrons. The van der Waals surface area contributed by atoms with E-state index in [1.807, 2.05) is 11.3 Å². The molecule has 2 rings (SSSR count). The molecule has 3 N–H and O–H groups in total. The highest BCUT2D eigenvalue weighted by Gasteiger charge is 2.14. The van der Waals surface area contributed by atoms with E-state index in [4.69, 9.17) is 5.84 Å². The summed E-state index contributed by atoms with van der Waals surface area (Å²) in [5.41, 5.74) is 5.38. The van der Waals surface area contributed by atoms with Crippen molar-refractivity contribution in [2.45, 2.75) is 26.3 Å². The van der Waals surface area contributed by atoms with Gasteiger partial charge in [-0.05, 0) is 31.0 Å². The lowest BCUT2D eigenvalue weighted by molar-refractivity contribution is 0.646. The maximum Gasteiger partial charge on any atom is 0.0802 e. The molecular formula is C14H18N2S. The molecule has 2 aromatic rings. The molecule has 0 aliphatic carbocycles. The van der Waals surface area contributed by atoms with Gasteiger partial charge in [0.25, 0.3) is 0 Å². The number of rotatable bonds is 4. The number of nitrogens with two attached hydrogens (primary N) is 1. The molecule has 1 heterocycles. The monoisotopic (exact) mass is 246 g/mol. The predicted molar refractivity (Wildman–Crippen MR) is 74.0 cm³/mol. The first-order valence-electron chi connectivity index (χ1n) is 5.86. The van der Waals surface area contributed by atoms with Gasteiger partial charge in [-0.1, -0.05) is 36.8 Å². The van der Waals surface area contributed by atoms with Gasteiger partial charge in [-0.25, -0.2) is 5.43 Å². The number of hydrogen-bond acceptors (Lipinski definition) is 3. The molecule has 0 amide bonds. The standard InChI is InChI=1S/C14H18N2S/c1-3-12-8-9-13(17-12)14(16-15)11-6-4-10(2)5-7-11/h4-9,14,16H,3,15H2,1-2H3. The summed E-state index contributed by atoms with van der Waals surface area (Å²) in [6, 6.07) is 12.9. The van der Waals surface area contributed by atoms with Crippen LogP contribution in [0.2, 0.25) is 0 Å². The zero-order valence-electron chi connectivity index (χ0n) is 10.2. The van der Waals surface area contributed by atoms with Crippen LogP contribution in [0, 0.1) is 6.92 Å². The fraction of sp³-hybridized carbons (Fsp3) is 0.286. The molecule has 17 heavy (non-hydrogen) atoms. The van der Waals surface area contributed by atoms with E-state index in [2.05, 4.69) is 55.7 Å². The fourth-order valence-corrected chi connectivity index (χ4v) is 2.88. The molecule has 1 atom stereocenters. The molecule has 90 valence electrons. The molecule has 3 heteroatoms. The average Bonchev–Trinajstić information content (AvgIpc) is 2.81. The summed E-state index contributed by atoms with van der Waals surface area (Å²) < 4.78 is 0. The van der Waals surface area contributed by atoms with E-state index >= 15 is 0 Å². The third kappa shape index (κ3) is 2.75. The van der Waals surface area contributed by atoms with Gasteiger partial charge in [-0.15, -0.1) is 11.3 Å².